The summed E-state index contributed by atoms with van der Waals surface area (Å²) in [6.07, 6.45) is -3.55. The van der Waals surface area contributed by atoms with E-state index in [4.69, 9.17) is 23.2 Å². The van der Waals surface area contributed by atoms with Crippen molar-refractivity contribution in [2.75, 3.05) is 13.1 Å². The van der Waals surface area contributed by atoms with Gasteiger partial charge in [-0.05, 0) is 43.2 Å². The van der Waals surface area contributed by atoms with Crippen LogP contribution < -0.4 is 38.5 Å². The molecular formula is C25H32F5N9O3. The fourth-order valence-corrected chi connectivity index (χ4v) is 3.32. The van der Waals surface area contributed by atoms with E-state index in [1.165, 1.54) is 0 Å². The molecule has 2 rings (SSSR count). The first-order valence-electron chi connectivity index (χ1n) is 12.3. The van der Waals surface area contributed by atoms with E-state index in [0.717, 1.165) is 51.9 Å². The van der Waals surface area contributed by atoms with Gasteiger partial charge in [0.15, 0.2) is 0 Å². The molecule has 0 saturated carbocycles. The van der Waals surface area contributed by atoms with Gasteiger partial charge in [-0.25, -0.2) is 20.5 Å². The number of aromatic nitrogens is 1. The van der Waals surface area contributed by atoms with E-state index in [-0.39, 0.29) is 43.1 Å². The molecule has 42 heavy (non-hydrogen) atoms. The predicted molar refractivity (Wildman–Crippen MR) is 142 cm³/mol. The van der Waals surface area contributed by atoms with Gasteiger partial charge in [-0.3, -0.25) is 14.6 Å². The number of nitrogens with zero attached hydrogens (tertiary/aromatic N) is 3. The molecule has 1 aromatic carbocycles. The van der Waals surface area contributed by atoms with Crippen LogP contribution in [0.3, 0.4) is 0 Å². The van der Waals surface area contributed by atoms with Gasteiger partial charge in [-0.15, -0.1) is 13.2 Å². The van der Waals surface area contributed by atoms with Crippen LogP contribution in [0.5, 0.6) is 5.75 Å². The average Bonchev–Trinajstić information content (AvgIpc) is 2.87. The number of pyridine rings is 1. The quantitative estimate of drug-likeness (QED) is 0.0789. The lowest BCUT2D eigenvalue weighted by Gasteiger charge is -2.20. The number of carbonyl (C=O) groups excluding carboxylic acids is 2. The van der Waals surface area contributed by atoms with Crippen molar-refractivity contribution in [1.29, 1.82) is 0 Å². The van der Waals surface area contributed by atoms with Crippen LogP contribution in [0, 0.1) is 12.7 Å². The van der Waals surface area contributed by atoms with Crippen LogP contribution >= 0.6 is 0 Å². The lowest BCUT2D eigenvalue weighted by Crippen LogP contribution is -2.38. The number of rotatable bonds is 14. The lowest BCUT2D eigenvalue weighted by atomic mass is 10.1. The zero-order valence-corrected chi connectivity index (χ0v) is 22.5. The summed E-state index contributed by atoms with van der Waals surface area (Å²) in [6, 6.07) is 5.81. The minimum atomic E-state index is -4.99. The number of nitrogens with two attached hydrogens (primary N) is 4. The molecule has 2 amide bonds. The second-order valence-corrected chi connectivity index (χ2v) is 9.01. The Morgan fingerprint density at radius 2 is 1.83 bits per heavy atom. The van der Waals surface area contributed by atoms with E-state index in [1.807, 2.05) is 6.92 Å². The highest BCUT2D eigenvalue weighted by atomic mass is 19.4. The molecule has 0 aliphatic rings. The molecule has 0 fully saturated rings. The SMILES string of the molecule is Cc1ccc(CNC(=O)/C(N)=C/N(N)CCC(F)CN(N)/C=C(\N)NC(=O)Cc2cc(OC(F)(F)F)ccc2F)cn1. The minimum Gasteiger partial charge on any atom is -0.406 e. The molecule has 230 valence electrons. The first kappa shape index (κ1) is 33.6. The zero-order valence-electron chi connectivity index (χ0n) is 22.5. The van der Waals surface area contributed by atoms with Crippen molar-refractivity contribution in [3.63, 3.8) is 0 Å². The van der Waals surface area contributed by atoms with Crippen LogP contribution in [-0.4, -0.2) is 52.4 Å². The van der Waals surface area contributed by atoms with E-state index >= 15 is 0 Å². The number of hydrogen-bond donors (Lipinski definition) is 6. The molecule has 1 unspecified atom stereocenters. The van der Waals surface area contributed by atoms with Gasteiger partial charge >= 0.3 is 6.36 Å². The number of hydrogen-bond acceptors (Lipinski definition) is 10. The Balaban J connectivity index is 1.78. The summed E-state index contributed by atoms with van der Waals surface area (Å²) in [5.41, 5.74) is 12.4. The first-order valence-corrected chi connectivity index (χ1v) is 12.3. The van der Waals surface area contributed by atoms with Gasteiger partial charge in [0.05, 0.1) is 19.2 Å². The van der Waals surface area contributed by atoms with Gasteiger partial charge < -0.3 is 36.9 Å². The monoisotopic (exact) mass is 601 g/mol. The van der Waals surface area contributed by atoms with Gasteiger partial charge in [-0.2, -0.15) is 0 Å². The third kappa shape index (κ3) is 12.7. The maximum absolute atomic E-state index is 14.4. The fourth-order valence-electron chi connectivity index (χ4n) is 3.32. The number of carbonyl (C=O) groups is 2. The summed E-state index contributed by atoms with van der Waals surface area (Å²) in [4.78, 5) is 28.4. The maximum Gasteiger partial charge on any atom is 0.573 e. The van der Waals surface area contributed by atoms with E-state index in [1.54, 1.807) is 18.3 Å². The van der Waals surface area contributed by atoms with Crippen LogP contribution in [0.15, 0.2) is 60.4 Å². The van der Waals surface area contributed by atoms with Crippen LogP contribution in [0.1, 0.15) is 23.2 Å². The largest absolute Gasteiger partial charge is 0.573 e. The molecule has 0 aliphatic heterocycles. The predicted octanol–water partition coefficient (Wildman–Crippen LogP) is 1.04. The van der Waals surface area contributed by atoms with Crippen LogP contribution in [-0.2, 0) is 22.6 Å². The lowest BCUT2D eigenvalue weighted by molar-refractivity contribution is -0.274. The maximum atomic E-state index is 14.4. The van der Waals surface area contributed by atoms with Gasteiger partial charge in [0.2, 0.25) is 5.91 Å². The number of ether oxygens (including phenoxy) is 1. The van der Waals surface area contributed by atoms with E-state index < -0.39 is 42.3 Å². The molecule has 17 heteroatoms. The molecule has 1 aromatic heterocycles. The van der Waals surface area contributed by atoms with Gasteiger partial charge in [-0.1, -0.05) is 6.07 Å². The molecule has 2 aromatic rings. The summed E-state index contributed by atoms with van der Waals surface area (Å²) in [6.45, 7) is 1.62. The standard InChI is InChI=1S/C25H32F5N9O3/c1-15-2-3-16(10-35-15)11-36-24(41)21(31)13-38(33)7-6-18(26)12-39(34)14-22(32)37-23(40)9-17-8-19(4-5-20(17)27)42-25(28,29)30/h2-5,8,10,13-14,18H,6-7,9,11-12,31-34H2,1H3,(H,36,41)(H,37,40)/b21-13-,22-14+. The van der Waals surface area contributed by atoms with Crippen LogP contribution in [0.25, 0.3) is 0 Å². The van der Waals surface area contributed by atoms with Crippen molar-refractivity contribution in [1.82, 2.24) is 25.6 Å². The van der Waals surface area contributed by atoms with E-state index in [9.17, 15) is 31.5 Å². The number of aryl methyl sites for hydroxylation is 1. The first-order chi connectivity index (χ1) is 19.6. The molecular weight excluding hydrogens is 569 g/mol. The normalized spacial score (nSPS) is 12.9. The summed E-state index contributed by atoms with van der Waals surface area (Å²) >= 11 is 0. The molecule has 0 aliphatic carbocycles. The molecule has 0 saturated heterocycles. The Bertz CT molecular complexity index is 1270. The fraction of sp³-hybridized carbons (Fsp3) is 0.320. The highest BCUT2D eigenvalue weighted by Gasteiger charge is 2.31. The third-order valence-electron chi connectivity index (χ3n) is 5.29. The summed E-state index contributed by atoms with van der Waals surface area (Å²) in [7, 11) is 0. The van der Waals surface area contributed by atoms with Crippen LogP contribution in [0.2, 0.25) is 0 Å². The number of hydrazine groups is 2. The third-order valence-corrected chi connectivity index (χ3v) is 5.29. The highest BCUT2D eigenvalue weighted by Crippen LogP contribution is 2.25. The van der Waals surface area contributed by atoms with Crippen molar-refractivity contribution in [3.8, 4) is 5.75 Å². The average molecular weight is 602 g/mol. The van der Waals surface area contributed by atoms with E-state index in [2.05, 4.69) is 20.4 Å². The Hall–Kier alpha value is -4.64. The molecule has 0 spiro atoms. The van der Waals surface area contributed by atoms with Gasteiger partial charge in [0.1, 0.15) is 29.3 Å². The number of halogens is 5. The molecule has 10 N–H and O–H groups in total. The molecule has 0 bridgehead atoms. The second kappa shape index (κ2) is 15.4. The van der Waals surface area contributed by atoms with Crippen LogP contribution in [0.4, 0.5) is 22.0 Å². The molecule has 1 heterocycles. The highest BCUT2D eigenvalue weighted by molar-refractivity contribution is 5.92. The van der Waals surface area contributed by atoms with Crippen molar-refractivity contribution < 1.29 is 36.3 Å². The Morgan fingerprint density at radius 3 is 2.48 bits per heavy atom. The summed E-state index contributed by atoms with van der Waals surface area (Å²) in [5.74, 6) is 8.04. The van der Waals surface area contributed by atoms with E-state index in [0.29, 0.717) is 0 Å². The summed E-state index contributed by atoms with van der Waals surface area (Å²) < 4.78 is 69.2. The molecule has 1 atom stereocenters. The molecule has 0 radical (unpaired) electrons. The van der Waals surface area contributed by atoms with Gasteiger partial charge in [0.25, 0.3) is 5.91 Å². The number of alkyl halides is 4. The van der Waals surface area contributed by atoms with Crippen molar-refractivity contribution in [2.24, 2.45) is 23.2 Å². The summed E-state index contributed by atoms with van der Waals surface area (Å²) in [5, 5.41) is 6.66. The number of amides is 2. The Morgan fingerprint density at radius 1 is 1.12 bits per heavy atom. The van der Waals surface area contributed by atoms with Crippen molar-refractivity contribution in [2.45, 2.75) is 38.8 Å². The number of nitrogens with one attached hydrogen (secondary N) is 2. The van der Waals surface area contributed by atoms with Crippen molar-refractivity contribution >= 4 is 11.8 Å². The molecule has 12 nitrogen and oxygen atoms in total. The zero-order chi connectivity index (χ0) is 31.4. The topological polar surface area (TPSA) is 191 Å². The second-order valence-electron chi connectivity index (χ2n) is 9.01. The Kier molecular flexibility index (Phi) is 12.3. The smallest absolute Gasteiger partial charge is 0.406 e. The van der Waals surface area contributed by atoms with Crippen molar-refractivity contribution in [3.05, 3.63) is 83.1 Å². The van der Waals surface area contributed by atoms with Gasteiger partial charge in [0, 0.05) is 36.7 Å². The Labute approximate surface area is 238 Å². The number of benzene rings is 1. The minimum absolute atomic E-state index is 0.0382.